The molecular weight excluding hydrogens is 281 g/mol. The summed E-state index contributed by atoms with van der Waals surface area (Å²) in [7, 11) is 0. The summed E-state index contributed by atoms with van der Waals surface area (Å²) in [5, 5.41) is 1.28. The molecule has 1 aromatic heterocycles. The quantitative estimate of drug-likeness (QED) is 0.671. The Kier molecular flexibility index (Phi) is 4.77. The van der Waals surface area contributed by atoms with Crippen LogP contribution in [0.3, 0.4) is 0 Å². The van der Waals surface area contributed by atoms with Crippen LogP contribution in [0.4, 0.5) is 0 Å². The molecule has 5 heteroatoms. The van der Waals surface area contributed by atoms with Gasteiger partial charge in [-0.25, -0.2) is 0 Å². The highest BCUT2D eigenvalue weighted by molar-refractivity contribution is 6.35. The molecule has 1 aromatic carbocycles. The van der Waals surface area contributed by atoms with Crippen molar-refractivity contribution < 1.29 is 0 Å². The fourth-order valence-corrected chi connectivity index (χ4v) is 2.52. The molecule has 2 rings (SSSR count). The van der Waals surface area contributed by atoms with E-state index >= 15 is 0 Å². The highest BCUT2D eigenvalue weighted by Gasteiger charge is 2.15. The van der Waals surface area contributed by atoms with Crippen LogP contribution in [0.1, 0.15) is 22.9 Å². The number of pyridine rings is 1. The van der Waals surface area contributed by atoms with E-state index < -0.39 is 0 Å². The summed E-state index contributed by atoms with van der Waals surface area (Å²) in [6.07, 6.45) is 2.45. The van der Waals surface area contributed by atoms with Crippen LogP contribution in [0.5, 0.6) is 0 Å². The van der Waals surface area contributed by atoms with E-state index in [-0.39, 0.29) is 6.04 Å². The molecule has 19 heavy (non-hydrogen) atoms. The van der Waals surface area contributed by atoms with E-state index in [1.54, 1.807) is 12.3 Å². The third-order valence-electron chi connectivity index (χ3n) is 3.06. The smallest absolute Gasteiger partial charge is 0.0518 e. The molecule has 2 aromatic rings. The van der Waals surface area contributed by atoms with E-state index in [2.05, 4.69) is 10.4 Å². The van der Waals surface area contributed by atoms with Crippen LogP contribution in [0.2, 0.25) is 10.0 Å². The van der Waals surface area contributed by atoms with E-state index in [1.165, 1.54) is 0 Å². The Morgan fingerprint density at radius 2 is 2.11 bits per heavy atom. The number of rotatable bonds is 4. The Balaban J connectivity index is 2.27. The molecule has 100 valence electrons. The standard InChI is InChI=1S/C14H15Cl2N3/c1-9-12(3-2-6-18-9)14(19-17)7-10-4-5-11(15)8-13(10)16/h2-6,8,14,19H,7,17H2,1H3. The second-order valence-corrected chi connectivity index (χ2v) is 5.18. The van der Waals surface area contributed by atoms with Gasteiger partial charge in [-0.1, -0.05) is 35.3 Å². The number of aryl methyl sites for hydroxylation is 1. The number of aromatic nitrogens is 1. The molecule has 1 unspecified atom stereocenters. The largest absolute Gasteiger partial charge is 0.271 e. The lowest BCUT2D eigenvalue weighted by Crippen LogP contribution is -2.30. The van der Waals surface area contributed by atoms with Gasteiger partial charge in [-0.05, 0) is 42.7 Å². The van der Waals surface area contributed by atoms with Gasteiger partial charge in [0.25, 0.3) is 0 Å². The molecule has 1 heterocycles. The number of nitrogens with two attached hydrogens (primary N) is 1. The van der Waals surface area contributed by atoms with Crippen molar-refractivity contribution in [2.24, 2.45) is 5.84 Å². The molecule has 0 radical (unpaired) electrons. The molecule has 0 saturated carbocycles. The zero-order valence-corrected chi connectivity index (χ0v) is 12.0. The first-order chi connectivity index (χ1) is 9.11. The first-order valence-electron chi connectivity index (χ1n) is 5.93. The van der Waals surface area contributed by atoms with Crippen LogP contribution >= 0.6 is 23.2 Å². The molecule has 0 aliphatic rings. The number of hydrazine groups is 1. The molecule has 3 N–H and O–H groups in total. The van der Waals surface area contributed by atoms with Gasteiger partial charge in [-0.3, -0.25) is 16.3 Å². The summed E-state index contributed by atoms with van der Waals surface area (Å²) in [5.74, 6) is 5.65. The first kappa shape index (κ1) is 14.3. The van der Waals surface area contributed by atoms with Crippen LogP contribution in [-0.2, 0) is 6.42 Å². The number of hydrogen-bond donors (Lipinski definition) is 2. The van der Waals surface area contributed by atoms with Crippen molar-refractivity contribution in [1.29, 1.82) is 0 Å². The Morgan fingerprint density at radius 1 is 1.32 bits per heavy atom. The van der Waals surface area contributed by atoms with E-state index in [4.69, 9.17) is 29.0 Å². The van der Waals surface area contributed by atoms with Crippen molar-refractivity contribution in [2.75, 3.05) is 0 Å². The van der Waals surface area contributed by atoms with E-state index in [9.17, 15) is 0 Å². The van der Waals surface area contributed by atoms with Crippen LogP contribution in [0.25, 0.3) is 0 Å². The van der Waals surface area contributed by atoms with Crippen molar-refractivity contribution >= 4 is 23.2 Å². The zero-order chi connectivity index (χ0) is 13.8. The monoisotopic (exact) mass is 295 g/mol. The molecule has 0 amide bonds. The number of nitrogens with one attached hydrogen (secondary N) is 1. The molecule has 0 spiro atoms. The Bertz CT molecular complexity index is 572. The zero-order valence-electron chi connectivity index (χ0n) is 10.5. The van der Waals surface area contributed by atoms with Gasteiger partial charge in [0.15, 0.2) is 0 Å². The molecular formula is C14H15Cl2N3. The summed E-state index contributed by atoms with van der Waals surface area (Å²) in [6, 6.07) is 9.36. The Morgan fingerprint density at radius 3 is 2.74 bits per heavy atom. The lowest BCUT2D eigenvalue weighted by atomic mass is 9.98. The van der Waals surface area contributed by atoms with Gasteiger partial charge in [0, 0.05) is 21.9 Å². The van der Waals surface area contributed by atoms with Crippen molar-refractivity contribution in [3.8, 4) is 0 Å². The van der Waals surface area contributed by atoms with Crippen molar-refractivity contribution in [3.63, 3.8) is 0 Å². The van der Waals surface area contributed by atoms with Crippen molar-refractivity contribution in [1.82, 2.24) is 10.4 Å². The number of benzene rings is 1. The number of hydrogen-bond acceptors (Lipinski definition) is 3. The summed E-state index contributed by atoms with van der Waals surface area (Å²) in [5.41, 5.74) is 5.84. The third kappa shape index (κ3) is 3.45. The van der Waals surface area contributed by atoms with Gasteiger partial charge in [-0.15, -0.1) is 0 Å². The third-order valence-corrected chi connectivity index (χ3v) is 3.65. The highest BCUT2D eigenvalue weighted by atomic mass is 35.5. The summed E-state index contributed by atoms with van der Waals surface area (Å²) < 4.78 is 0. The lowest BCUT2D eigenvalue weighted by Gasteiger charge is -2.18. The predicted molar refractivity (Wildman–Crippen MR) is 79.2 cm³/mol. The Labute approximate surface area is 122 Å². The van der Waals surface area contributed by atoms with Crippen molar-refractivity contribution in [3.05, 3.63) is 63.4 Å². The molecule has 0 saturated heterocycles. The van der Waals surface area contributed by atoms with E-state index in [0.29, 0.717) is 16.5 Å². The maximum atomic E-state index is 6.19. The summed E-state index contributed by atoms with van der Waals surface area (Å²) >= 11 is 12.1. The minimum atomic E-state index is -0.0348. The van der Waals surface area contributed by atoms with E-state index in [0.717, 1.165) is 16.8 Å². The molecule has 0 fully saturated rings. The lowest BCUT2D eigenvalue weighted by molar-refractivity contribution is 0.547. The van der Waals surface area contributed by atoms with Gasteiger partial charge < -0.3 is 0 Å². The maximum Gasteiger partial charge on any atom is 0.0518 e. The normalized spacial score (nSPS) is 12.4. The first-order valence-corrected chi connectivity index (χ1v) is 6.69. The average Bonchev–Trinajstić information content (AvgIpc) is 2.39. The minimum Gasteiger partial charge on any atom is -0.271 e. The van der Waals surface area contributed by atoms with Crippen molar-refractivity contribution in [2.45, 2.75) is 19.4 Å². The minimum absolute atomic E-state index is 0.0348. The number of halogens is 2. The molecule has 0 bridgehead atoms. The second-order valence-electron chi connectivity index (χ2n) is 4.34. The summed E-state index contributed by atoms with van der Waals surface area (Å²) in [6.45, 7) is 1.96. The van der Waals surface area contributed by atoms with E-state index in [1.807, 2.05) is 31.2 Å². The highest BCUT2D eigenvalue weighted by Crippen LogP contribution is 2.26. The summed E-state index contributed by atoms with van der Waals surface area (Å²) in [4.78, 5) is 4.28. The van der Waals surface area contributed by atoms with Gasteiger partial charge in [-0.2, -0.15) is 0 Å². The van der Waals surface area contributed by atoms with Crippen LogP contribution in [0, 0.1) is 6.92 Å². The second kappa shape index (κ2) is 6.35. The molecule has 3 nitrogen and oxygen atoms in total. The topological polar surface area (TPSA) is 50.9 Å². The molecule has 0 aliphatic heterocycles. The predicted octanol–water partition coefficient (Wildman–Crippen LogP) is 3.44. The van der Waals surface area contributed by atoms with Gasteiger partial charge in [0.1, 0.15) is 0 Å². The SMILES string of the molecule is Cc1ncccc1C(Cc1ccc(Cl)cc1Cl)NN. The van der Waals surface area contributed by atoms with Crippen LogP contribution in [-0.4, -0.2) is 4.98 Å². The maximum absolute atomic E-state index is 6.19. The molecule has 0 aliphatic carbocycles. The number of nitrogens with zero attached hydrogens (tertiary/aromatic N) is 1. The van der Waals surface area contributed by atoms with Gasteiger partial charge in [0.05, 0.1) is 6.04 Å². The molecule has 1 atom stereocenters. The fourth-order valence-electron chi connectivity index (χ4n) is 2.03. The van der Waals surface area contributed by atoms with Crippen LogP contribution in [0.15, 0.2) is 36.5 Å². The van der Waals surface area contributed by atoms with Gasteiger partial charge >= 0.3 is 0 Å². The Hall–Kier alpha value is -1.13. The van der Waals surface area contributed by atoms with Gasteiger partial charge in [0.2, 0.25) is 0 Å². The fraction of sp³-hybridized carbons (Fsp3) is 0.214. The average molecular weight is 296 g/mol. The van der Waals surface area contributed by atoms with Crippen LogP contribution < -0.4 is 11.3 Å².